The van der Waals surface area contributed by atoms with Crippen LogP contribution in [0, 0.1) is 17.0 Å². The smallest absolute Gasteiger partial charge is 0.303 e. The molecule has 4 rings (SSSR count). The number of aliphatic carboxylic acids is 1. The zero-order chi connectivity index (χ0) is 25.9. The molecule has 3 aromatic rings. The third kappa shape index (κ3) is 5.50. The summed E-state index contributed by atoms with van der Waals surface area (Å²) in [5, 5.41) is 8.90. The molecular weight excluding hydrogens is 464 g/mol. The van der Waals surface area contributed by atoms with Gasteiger partial charge in [0, 0.05) is 18.1 Å². The third-order valence-electron chi connectivity index (χ3n) is 7.12. The first-order valence-corrected chi connectivity index (χ1v) is 12.1. The Morgan fingerprint density at radius 2 is 1.97 bits per heavy atom. The van der Waals surface area contributed by atoms with Crippen molar-refractivity contribution < 1.29 is 28.2 Å². The molecule has 190 valence electrons. The average Bonchev–Trinajstić information content (AvgIpc) is 3.21. The van der Waals surface area contributed by atoms with Crippen LogP contribution in [0.1, 0.15) is 62.1 Å². The number of methoxy groups -OCH3 is 1. The largest absolute Gasteiger partial charge is 0.486 e. The normalized spacial score (nSPS) is 16.6. The second-order valence-electron chi connectivity index (χ2n) is 9.97. The molecule has 2 aromatic carbocycles. The van der Waals surface area contributed by atoms with Crippen molar-refractivity contribution in [2.75, 3.05) is 7.11 Å². The van der Waals surface area contributed by atoms with E-state index in [-0.39, 0.29) is 36.5 Å². The molecule has 0 radical (unpaired) electrons. The molecule has 0 aliphatic heterocycles. The van der Waals surface area contributed by atoms with Crippen molar-refractivity contribution in [2.45, 2.75) is 58.5 Å². The molecular formula is C29H31F2NO4. The number of ether oxygens (including phenoxy) is 2. The predicted octanol–water partition coefficient (Wildman–Crippen LogP) is 6.93. The second kappa shape index (κ2) is 10.6. The summed E-state index contributed by atoms with van der Waals surface area (Å²) in [5.74, 6) is -1.30. The Kier molecular flexibility index (Phi) is 7.57. The molecule has 0 saturated heterocycles. The van der Waals surface area contributed by atoms with Crippen molar-refractivity contribution in [3.8, 4) is 22.8 Å². The Morgan fingerprint density at radius 1 is 1.17 bits per heavy atom. The Bertz CT molecular complexity index is 1260. The molecule has 1 fully saturated rings. The first-order valence-electron chi connectivity index (χ1n) is 12.1. The first-order chi connectivity index (χ1) is 17.2. The van der Waals surface area contributed by atoms with Gasteiger partial charge in [-0.15, -0.1) is 0 Å². The van der Waals surface area contributed by atoms with Crippen molar-refractivity contribution in [1.82, 2.24) is 4.98 Å². The Labute approximate surface area is 210 Å². The van der Waals surface area contributed by atoms with E-state index >= 15 is 0 Å². The monoisotopic (exact) mass is 495 g/mol. The molecule has 5 nitrogen and oxygen atoms in total. The standard InChI is InChI=1S/C29H31F2NO4/c1-29(2)13-5-7-23(29)21-14-18(9-11-20(21)22-15-26(35-3)32-16-24(22)30)17-36-25-8-4-6-19(28(25)31)10-12-27(33)34/h4,6,8-9,11,14-16,23H,5,7,10,12-13,17H2,1-3H3,(H,33,34). The maximum absolute atomic E-state index is 14.9. The lowest BCUT2D eigenvalue weighted by Crippen LogP contribution is -2.17. The molecule has 1 heterocycles. The van der Waals surface area contributed by atoms with E-state index in [0.717, 1.165) is 36.0 Å². The number of hydrogen-bond donors (Lipinski definition) is 1. The summed E-state index contributed by atoms with van der Waals surface area (Å²) in [6.45, 7) is 4.60. The van der Waals surface area contributed by atoms with E-state index in [1.807, 2.05) is 18.2 Å². The second-order valence-corrected chi connectivity index (χ2v) is 9.97. The van der Waals surface area contributed by atoms with Crippen molar-refractivity contribution >= 4 is 5.97 Å². The van der Waals surface area contributed by atoms with E-state index in [1.54, 1.807) is 18.2 Å². The average molecular weight is 496 g/mol. The predicted molar refractivity (Wildman–Crippen MR) is 133 cm³/mol. The molecule has 0 spiro atoms. The fraction of sp³-hybridized carbons (Fsp3) is 0.379. The fourth-order valence-electron chi connectivity index (χ4n) is 5.14. The number of carboxylic acid groups (broad SMARTS) is 1. The Morgan fingerprint density at radius 3 is 2.67 bits per heavy atom. The van der Waals surface area contributed by atoms with Gasteiger partial charge >= 0.3 is 5.97 Å². The van der Waals surface area contributed by atoms with E-state index in [9.17, 15) is 13.6 Å². The van der Waals surface area contributed by atoms with E-state index in [2.05, 4.69) is 18.8 Å². The zero-order valence-corrected chi connectivity index (χ0v) is 20.8. The van der Waals surface area contributed by atoms with Crippen LogP contribution in [0.4, 0.5) is 8.78 Å². The van der Waals surface area contributed by atoms with Crippen LogP contribution < -0.4 is 9.47 Å². The van der Waals surface area contributed by atoms with Gasteiger partial charge in [0.1, 0.15) is 12.4 Å². The fourth-order valence-corrected chi connectivity index (χ4v) is 5.14. The van der Waals surface area contributed by atoms with Crippen molar-refractivity contribution in [2.24, 2.45) is 5.41 Å². The molecule has 36 heavy (non-hydrogen) atoms. The van der Waals surface area contributed by atoms with E-state index < -0.39 is 17.6 Å². The summed E-state index contributed by atoms with van der Waals surface area (Å²) < 4.78 is 40.8. The van der Waals surface area contributed by atoms with Gasteiger partial charge in [-0.25, -0.2) is 13.8 Å². The highest BCUT2D eigenvalue weighted by atomic mass is 19.1. The highest BCUT2D eigenvalue weighted by Crippen LogP contribution is 2.51. The number of benzene rings is 2. The van der Waals surface area contributed by atoms with Crippen LogP contribution >= 0.6 is 0 Å². The molecule has 1 unspecified atom stereocenters. The maximum Gasteiger partial charge on any atom is 0.303 e. The molecule has 1 saturated carbocycles. The number of carboxylic acids is 1. The third-order valence-corrected chi connectivity index (χ3v) is 7.12. The van der Waals surface area contributed by atoms with Gasteiger partial charge in [-0.2, -0.15) is 0 Å². The lowest BCUT2D eigenvalue weighted by atomic mass is 9.75. The summed E-state index contributed by atoms with van der Waals surface area (Å²) in [4.78, 5) is 14.8. The van der Waals surface area contributed by atoms with Gasteiger partial charge in [0.25, 0.3) is 0 Å². The Balaban J connectivity index is 1.66. The van der Waals surface area contributed by atoms with Crippen LogP contribution in [-0.4, -0.2) is 23.2 Å². The molecule has 1 aromatic heterocycles. The van der Waals surface area contributed by atoms with E-state index in [1.165, 1.54) is 19.4 Å². The molecule has 1 N–H and O–H groups in total. The number of aromatic nitrogens is 1. The van der Waals surface area contributed by atoms with Crippen molar-refractivity contribution in [3.05, 3.63) is 77.0 Å². The zero-order valence-electron chi connectivity index (χ0n) is 20.8. The van der Waals surface area contributed by atoms with Gasteiger partial charge in [0.05, 0.1) is 13.3 Å². The van der Waals surface area contributed by atoms with Crippen molar-refractivity contribution in [1.29, 1.82) is 0 Å². The molecule has 1 aliphatic carbocycles. The number of carbonyl (C=O) groups is 1. The Hall–Kier alpha value is -3.48. The van der Waals surface area contributed by atoms with Crippen LogP contribution in [-0.2, 0) is 17.8 Å². The van der Waals surface area contributed by atoms with Crippen LogP contribution in [0.3, 0.4) is 0 Å². The quantitative estimate of drug-likeness (QED) is 0.349. The summed E-state index contributed by atoms with van der Waals surface area (Å²) >= 11 is 0. The van der Waals surface area contributed by atoms with Crippen LogP contribution in [0.15, 0.2) is 48.7 Å². The minimum absolute atomic E-state index is 0.0480. The highest BCUT2D eigenvalue weighted by molar-refractivity contribution is 5.70. The highest BCUT2D eigenvalue weighted by Gasteiger charge is 2.37. The number of nitrogens with zero attached hydrogens (tertiary/aromatic N) is 1. The lowest BCUT2D eigenvalue weighted by Gasteiger charge is -2.30. The van der Waals surface area contributed by atoms with Gasteiger partial charge in [-0.05, 0) is 58.9 Å². The van der Waals surface area contributed by atoms with Crippen LogP contribution in [0.2, 0.25) is 0 Å². The van der Waals surface area contributed by atoms with Gasteiger partial charge < -0.3 is 14.6 Å². The maximum atomic E-state index is 14.9. The first kappa shape index (κ1) is 25.6. The number of rotatable bonds is 9. The van der Waals surface area contributed by atoms with Gasteiger partial charge in [0.2, 0.25) is 5.88 Å². The summed E-state index contributed by atoms with van der Waals surface area (Å²) in [6, 6.07) is 12.2. The minimum atomic E-state index is -0.980. The summed E-state index contributed by atoms with van der Waals surface area (Å²) in [5.41, 5.74) is 3.45. The molecule has 1 aliphatic rings. The topological polar surface area (TPSA) is 68.7 Å². The van der Waals surface area contributed by atoms with Gasteiger partial charge in [-0.1, -0.05) is 50.6 Å². The SMILES string of the molecule is COc1cc(-c2ccc(COc3cccc(CCC(=O)O)c3F)cc2C2CCCC2(C)C)c(F)cn1. The van der Waals surface area contributed by atoms with Crippen LogP contribution in [0.25, 0.3) is 11.1 Å². The lowest BCUT2D eigenvalue weighted by molar-refractivity contribution is -0.136. The number of aryl methyl sites for hydroxylation is 1. The number of hydrogen-bond acceptors (Lipinski definition) is 4. The number of halogens is 2. The summed E-state index contributed by atoms with van der Waals surface area (Å²) in [6.07, 6.45) is 4.28. The molecule has 0 bridgehead atoms. The molecule has 7 heteroatoms. The molecule has 0 amide bonds. The molecule has 1 atom stereocenters. The van der Waals surface area contributed by atoms with Crippen molar-refractivity contribution in [3.63, 3.8) is 0 Å². The minimum Gasteiger partial charge on any atom is -0.486 e. The van der Waals surface area contributed by atoms with Crippen LogP contribution in [0.5, 0.6) is 11.6 Å². The number of pyridine rings is 1. The van der Waals surface area contributed by atoms with E-state index in [4.69, 9.17) is 14.6 Å². The van der Waals surface area contributed by atoms with Gasteiger partial charge in [-0.3, -0.25) is 4.79 Å². The van der Waals surface area contributed by atoms with Gasteiger partial charge in [0.15, 0.2) is 11.6 Å². The summed E-state index contributed by atoms with van der Waals surface area (Å²) in [7, 11) is 1.50. The van der Waals surface area contributed by atoms with E-state index in [0.29, 0.717) is 17.0 Å².